The van der Waals surface area contributed by atoms with Crippen LogP contribution in [0, 0.1) is 11.3 Å². The fraction of sp³-hybridized carbons (Fsp3) is 0.533. The molecule has 218 valence electrons. The molecule has 1 heterocycles. The van der Waals surface area contributed by atoms with Crippen LogP contribution in [0.3, 0.4) is 0 Å². The number of rotatable bonds is 16. The monoisotopic (exact) mass is 561 g/mol. The van der Waals surface area contributed by atoms with Gasteiger partial charge >= 0.3 is 12.1 Å². The molecule has 0 unspecified atom stereocenters. The van der Waals surface area contributed by atoms with Crippen LogP contribution in [0.15, 0.2) is 36.4 Å². The molecule has 0 fully saturated rings. The third-order valence-electron chi connectivity index (χ3n) is 6.54. The number of hydrogen-bond donors (Lipinski definition) is 1. The molecule has 7 nitrogen and oxygen atoms in total. The Bertz CT molecular complexity index is 1150. The maximum absolute atomic E-state index is 12.5. The lowest BCUT2D eigenvalue weighted by Crippen LogP contribution is -2.32. The second-order valence-electron chi connectivity index (χ2n) is 9.94. The second kappa shape index (κ2) is 15.4. The Morgan fingerprint density at radius 2 is 1.90 bits per heavy atom. The molecular weight excluding hydrogens is 523 g/mol. The summed E-state index contributed by atoms with van der Waals surface area (Å²) in [6.45, 7) is 5.38. The number of hydrogen-bond acceptors (Lipinski definition) is 7. The van der Waals surface area contributed by atoms with Crippen LogP contribution in [0.25, 0.3) is 0 Å². The molecule has 10 heteroatoms. The molecule has 0 bridgehead atoms. The van der Waals surface area contributed by atoms with Crippen molar-refractivity contribution in [2.75, 3.05) is 44.4 Å². The summed E-state index contributed by atoms with van der Waals surface area (Å²) in [5, 5.41) is 13.2. The number of benzene rings is 2. The van der Waals surface area contributed by atoms with Crippen LogP contribution in [0.5, 0.6) is 11.5 Å². The number of nitriles is 1. The van der Waals surface area contributed by atoms with Gasteiger partial charge in [-0.3, -0.25) is 4.79 Å². The molecule has 40 heavy (non-hydrogen) atoms. The Balaban J connectivity index is 1.46. The zero-order valence-electron chi connectivity index (χ0n) is 23.2. The molecule has 1 aliphatic rings. The number of alkyl halides is 3. The average molecular weight is 562 g/mol. The van der Waals surface area contributed by atoms with Crippen molar-refractivity contribution < 1.29 is 32.2 Å². The first kappa shape index (κ1) is 31.1. The van der Waals surface area contributed by atoms with Gasteiger partial charge in [0.1, 0.15) is 12.7 Å². The first-order valence-corrected chi connectivity index (χ1v) is 13.8. The van der Waals surface area contributed by atoms with Crippen LogP contribution >= 0.6 is 0 Å². The van der Waals surface area contributed by atoms with Gasteiger partial charge in [0.15, 0.2) is 18.1 Å². The van der Waals surface area contributed by atoms with E-state index in [0.29, 0.717) is 38.0 Å². The largest absolute Gasteiger partial charge is 0.488 e. The summed E-state index contributed by atoms with van der Waals surface area (Å²) in [5.74, 6) is 0.162. The zero-order valence-corrected chi connectivity index (χ0v) is 23.2. The SMILES string of the molecule is CCCCC(=O)OCCCN1CCc2cc(C[C@@H](C)NCCOc3ccccc3OCC(F)(F)F)cc(C#N)c21. The van der Waals surface area contributed by atoms with Gasteiger partial charge in [0, 0.05) is 32.1 Å². The van der Waals surface area contributed by atoms with E-state index in [9.17, 15) is 23.2 Å². The summed E-state index contributed by atoms with van der Waals surface area (Å²) in [5.41, 5.74) is 3.84. The van der Waals surface area contributed by atoms with Gasteiger partial charge in [0.2, 0.25) is 0 Å². The van der Waals surface area contributed by atoms with Crippen molar-refractivity contribution in [2.24, 2.45) is 0 Å². The maximum Gasteiger partial charge on any atom is 0.422 e. The minimum atomic E-state index is -4.42. The molecule has 1 atom stereocenters. The third-order valence-corrected chi connectivity index (χ3v) is 6.54. The Morgan fingerprint density at radius 3 is 2.60 bits per heavy atom. The highest BCUT2D eigenvalue weighted by atomic mass is 19.4. The molecule has 0 aliphatic carbocycles. The predicted molar refractivity (Wildman–Crippen MR) is 147 cm³/mol. The highest BCUT2D eigenvalue weighted by Crippen LogP contribution is 2.33. The van der Waals surface area contributed by atoms with Gasteiger partial charge in [-0.2, -0.15) is 18.4 Å². The molecule has 2 aromatic rings. The standard InChI is InChI=1S/C30H38F3N3O4/c1-3-4-10-28(37)39-15-7-13-36-14-11-24-18-23(19-25(20-34)29(24)36)17-22(2)35-12-16-38-26-8-5-6-9-27(26)40-21-30(31,32)33/h5-6,8-9,18-19,22,35H,3-4,7,10-17,21H2,1-2H3/t22-/m1/s1. The number of carbonyl (C=O) groups excluding carboxylic acids is 1. The van der Waals surface area contributed by atoms with Gasteiger partial charge in [-0.1, -0.05) is 31.5 Å². The summed E-state index contributed by atoms with van der Waals surface area (Å²) >= 11 is 0. The maximum atomic E-state index is 12.5. The normalized spacial score (nSPS) is 13.4. The van der Waals surface area contributed by atoms with Crippen molar-refractivity contribution in [3.8, 4) is 17.6 Å². The second-order valence-corrected chi connectivity index (χ2v) is 9.94. The first-order chi connectivity index (χ1) is 19.2. The molecule has 1 N–H and O–H groups in total. The van der Waals surface area contributed by atoms with Crippen molar-refractivity contribution in [1.29, 1.82) is 5.26 Å². The van der Waals surface area contributed by atoms with Crippen LogP contribution in [0.4, 0.5) is 18.9 Å². The smallest absolute Gasteiger partial charge is 0.422 e. The number of unbranched alkanes of at least 4 members (excludes halogenated alkanes) is 1. The highest BCUT2D eigenvalue weighted by Gasteiger charge is 2.29. The summed E-state index contributed by atoms with van der Waals surface area (Å²) in [7, 11) is 0. The number of nitrogens with one attached hydrogen (secondary N) is 1. The summed E-state index contributed by atoms with van der Waals surface area (Å²) in [4.78, 5) is 13.9. The third kappa shape index (κ3) is 9.94. The molecule has 0 saturated carbocycles. The van der Waals surface area contributed by atoms with Gasteiger partial charge in [-0.05, 0) is 61.9 Å². The van der Waals surface area contributed by atoms with Gasteiger partial charge < -0.3 is 24.4 Å². The number of nitrogens with zero attached hydrogens (tertiary/aromatic N) is 2. The lowest BCUT2D eigenvalue weighted by Gasteiger charge is -2.21. The van der Waals surface area contributed by atoms with E-state index in [2.05, 4.69) is 22.4 Å². The molecule has 0 spiro atoms. The van der Waals surface area contributed by atoms with Crippen molar-refractivity contribution in [3.05, 3.63) is 53.1 Å². The Hall–Kier alpha value is -3.45. The lowest BCUT2D eigenvalue weighted by atomic mass is 9.99. The molecule has 0 radical (unpaired) electrons. The van der Waals surface area contributed by atoms with Gasteiger partial charge in [-0.15, -0.1) is 0 Å². The van der Waals surface area contributed by atoms with Crippen LogP contribution in [0.1, 0.15) is 56.2 Å². The lowest BCUT2D eigenvalue weighted by molar-refractivity contribution is -0.153. The zero-order chi connectivity index (χ0) is 29.0. The predicted octanol–water partition coefficient (Wildman–Crippen LogP) is 5.58. The van der Waals surface area contributed by atoms with Crippen molar-refractivity contribution >= 4 is 11.7 Å². The summed E-state index contributed by atoms with van der Waals surface area (Å²) < 4.78 is 53.3. The topological polar surface area (TPSA) is 83.8 Å². The quantitative estimate of drug-likeness (QED) is 0.211. The fourth-order valence-corrected chi connectivity index (χ4v) is 4.69. The van der Waals surface area contributed by atoms with Crippen molar-refractivity contribution in [2.45, 2.75) is 64.6 Å². The fourth-order valence-electron chi connectivity index (χ4n) is 4.69. The van der Waals surface area contributed by atoms with E-state index in [1.807, 2.05) is 19.9 Å². The molecule has 1 aliphatic heterocycles. The number of para-hydroxylation sites is 2. The van der Waals surface area contributed by atoms with E-state index in [1.54, 1.807) is 18.2 Å². The van der Waals surface area contributed by atoms with Crippen LogP contribution in [-0.2, 0) is 22.4 Å². The average Bonchev–Trinajstić information content (AvgIpc) is 3.33. The van der Waals surface area contributed by atoms with E-state index in [-0.39, 0.29) is 30.1 Å². The minimum absolute atomic E-state index is 0.0529. The van der Waals surface area contributed by atoms with E-state index in [4.69, 9.17) is 14.2 Å². The highest BCUT2D eigenvalue weighted by molar-refractivity contribution is 5.69. The number of esters is 1. The summed E-state index contributed by atoms with van der Waals surface area (Å²) in [6.07, 6.45) is 0.122. The molecule has 2 aromatic carbocycles. The number of anilines is 1. The Morgan fingerprint density at radius 1 is 1.15 bits per heavy atom. The van der Waals surface area contributed by atoms with Gasteiger partial charge in [0.25, 0.3) is 0 Å². The molecule has 0 saturated heterocycles. The van der Waals surface area contributed by atoms with E-state index in [0.717, 1.165) is 49.2 Å². The minimum Gasteiger partial charge on any atom is -0.488 e. The van der Waals surface area contributed by atoms with Gasteiger partial charge in [0.05, 0.1) is 17.9 Å². The molecule has 0 aromatic heterocycles. The van der Waals surface area contributed by atoms with Gasteiger partial charge in [-0.25, -0.2) is 0 Å². The van der Waals surface area contributed by atoms with E-state index >= 15 is 0 Å². The van der Waals surface area contributed by atoms with Crippen molar-refractivity contribution in [1.82, 2.24) is 5.32 Å². The summed E-state index contributed by atoms with van der Waals surface area (Å²) in [6, 6.07) is 12.8. The van der Waals surface area contributed by atoms with Crippen LogP contribution in [0.2, 0.25) is 0 Å². The number of halogens is 3. The number of carbonyl (C=O) groups is 1. The number of fused-ring (bicyclic) bond motifs is 1. The van der Waals surface area contributed by atoms with Crippen LogP contribution in [-0.4, -0.2) is 57.6 Å². The molecule has 3 rings (SSSR count). The first-order valence-electron chi connectivity index (χ1n) is 13.8. The van der Waals surface area contributed by atoms with Crippen molar-refractivity contribution in [3.63, 3.8) is 0 Å². The molecule has 0 amide bonds. The van der Waals surface area contributed by atoms with Crippen LogP contribution < -0.4 is 19.7 Å². The number of ether oxygens (including phenoxy) is 3. The van der Waals surface area contributed by atoms with E-state index < -0.39 is 12.8 Å². The Kier molecular flexibility index (Phi) is 11.9. The molecular formula is C30H38F3N3O4. The Labute approximate surface area is 234 Å². The van der Waals surface area contributed by atoms with E-state index in [1.165, 1.54) is 6.07 Å².